The van der Waals surface area contributed by atoms with E-state index in [2.05, 4.69) is 32.4 Å². The summed E-state index contributed by atoms with van der Waals surface area (Å²) in [5, 5.41) is 0. The Bertz CT molecular complexity index is 282. The number of allylic oxidation sites excluding steroid dienone is 2. The molecule has 0 heteroatoms. The molecule has 0 aliphatic heterocycles. The molecule has 0 bridgehead atoms. The number of hydrogen-bond acceptors (Lipinski definition) is 0. The van der Waals surface area contributed by atoms with Gasteiger partial charge in [-0.2, -0.15) is 0 Å². The lowest BCUT2D eigenvalue weighted by atomic mass is 9.77. The molecule has 0 aromatic carbocycles. The van der Waals surface area contributed by atoms with E-state index in [-0.39, 0.29) is 0 Å². The third kappa shape index (κ3) is 6.17. The van der Waals surface area contributed by atoms with Crippen LogP contribution in [0.25, 0.3) is 0 Å². The van der Waals surface area contributed by atoms with Crippen molar-refractivity contribution in [1.29, 1.82) is 0 Å². The zero-order valence-electron chi connectivity index (χ0n) is 14.5. The van der Waals surface area contributed by atoms with Gasteiger partial charge in [0.05, 0.1) is 0 Å². The summed E-state index contributed by atoms with van der Waals surface area (Å²) in [6, 6.07) is 0. The van der Waals surface area contributed by atoms with Crippen LogP contribution in [0.4, 0.5) is 0 Å². The first kappa shape index (κ1) is 17.1. The molecule has 0 nitrogen and oxygen atoms in total. The highest BCUT2D eigenvalue weighted by molar-refractivity contribution is 4.98. The Balaban J connectivity index is 1.68. The molecule has 0 aromatic rings. The maximum absolute atomic E-state index is 2.62. The van der Waals surface area contributed by atoms with Crippen LogP contribution in [-0.2, 0) is 0 Å². The molecule has 1 radical (unpaired) electrons. The summed E-state index contributed by atoms with van der Waals surface area (Å²) >= 11 is 0. The Kier molecular flexibility index (Phi) is 7.89. The van der Waals surface area contributed by atoms with Crippen LogP contribution in [0.5, 0.6) is 0 Å². The number of hydrogen-bond donors (Lipinski definition) is 0. The van der Waals surface area contributed by atoms with E-state index < -0.39 is 0 Å². The second-order valence-corrected chi connectivity index (χ2v) is 7.64. The lowest BCUT2D eigenvalue weighted by Crippen LogP contribution is -2.16. The average Bonchev–Trinajstić information content (AvgIpc) is 2.54. The third-order valence-corrected chi connectivity index (χ3v) is 5.95. The first-order chi connectivity index (χ1) is 10.3. The molecule has 2 fully saturated rings. The Morgan fingerprint density at radius 3 is 2.38 bits per heavy atom. The summed E-state index contributed by atoms with van der Waals surface area (Å²) in [6.45, 7) is 4.67. The van der Waals surface area contributed by atoms with E-state index in [1.807, 2.05) is 0 Å². The molecule has 2 saturated carbocycles. The first-order valence-corrected chi connectivity index (χ1v) is 9.83. The molecule has 0 saturated heterocycles. The summed E-state index contributed by atoms with van der Waals surface area (Å²) in [5.74, 6) is 3.72. The van der Waals surface area contributed by atoms with Crippen LogP contribution in [0.2, 0.25) is 0 Å². The normalized spacial score (nSPS) is 34.4. The third-order valence-electron chi connectivity index (χ3n) is 5.95. The van der Waals surface area contributed by atoms with Gasteiger partial charge in [-0.1, -0.05) is 58.1 Å². The molecule has 0 spiro atoms. The quantitative estimate of drug-likeness (QED) is 0.351. The molecule has 2 aliphatic carbocycles. The summed E-state index contributed by atoms with van der Waals surface area (Å²) in [7, 11) is 0. The fourth-order valence-electron chi connectivity index (χ4n) is 4.32. The van der Waals surface area contributed by atoms with Gasteiger partial charge < -0.3 is 0 Å². The predicted octanol–water partition coefficient (Wildman–Crippen LogP) is 6.96. The lowest BCUT2D eigenvalue weighted by Gasteiger charge is -2.29. The average molecular weight is 290 g/mol. The summed E-state index contributed by atoms with van der Waals surface area (Å²) in [4.78, 5) is 0. The molecule has 121 valence electrons. The van der Waals surface area contributed by atoms with Crippen molar-refractivity contribution in [2.75, 3.05) is 0 Å². The Morgan fingerprint density at radius 1 is 0.905 bits per heavy atom. The van der Waals surface area contributed by atoms with Crippen molar-refractivity contribution >= 4 is 0 Å². The number of rotatable bonds is 7. The van der Waals surface area contributed by atoms with Crippen molar-refractivity contribution in [1.82, 2.24) is 0 Å². The van der Waals surface area contributed by atoms with E-state index in [9.17, 15) is 0 Å². The summed E-state index contributed by atoms with van der Waals surface area (Å²) in [6.07, 6.45) is 24.9. The van der Waals surface area contributed by atoms with Gasteiger partial charge >= 0.3 is 0 Å². The van der Waals surface area contributed by atoms with Gasteiger partial charge in [0.2, 0.25) is 0 Å². The molecule has 2 rings (SSSR count). The second-order valence-electron chi connectivity index (χ2n) is 7.64. The van der Waals surface area contributed by atoms with Crippen LogP contribution in [0, 0.1) is 30.1 Å². The summed E-state index contributed by atoms with van der Waals surface area (Å²) in [5.41, 5.74) is 0. The van der Waals surface area contributed by atoms with E-state index >= 15 is 0 Å². The smallest absolute Gasteiger partial charge is 0.0231 e. The molecular weight excluding hydrogens is 252 g/mol. The van der Waals surface area contributed by atoms with Crippen molar-refractivity contribution < 1.29 is 0 Å². The van der Waals surface area contributed by atoms with Crippen molar-refractivity contribution in [3.8, 4) is 0 Å². The molecule has 21 heavy (non-hydrogen) atoms. The van der Waals surface area contributed by atoms with Crippen molar-refractivity contribution in [3.63, 3.8) is 0 Å². The highest BCUT2D eigenvalue weighted by Crippen LogP contribution is 2.35. The first-order valence-electron chi connectivity index (χ1n) is 9.83. The number of unbranched alkanes of at least 4 members (excludes halogenated alkanes) is 2. The summed E-state index contributed by atoms with van der Waals surface area (Å²) < 4.78 is 0. The maximum Gasteiger partial charge on any atom is -0.0231 e. The van der Waals surface area contributed by atoms with Crippen molar-refractivity contribution in [2.45, 2.75) is 90.9 Å². The van der Waals surface area contributed by atoms with Crippen LogP contribution in [0.3, 0.4) is 0 Å². The van der Waals surface area contributed by atoms with Crippen LogP contribution in [0.1, 0.15) is 90.9 Å². The molecule has 2 unspecified atom stereocenters. The zero-order valence-corrected chi connectivity index (χ0v) is 14.5. The molecular formula is C21H37. The Hall–Kier alpha value is -0.260. The van der Waals surface area contributed by atoms with Gasteiger partial charge in [0.15, 0.2) is 0 Å². The van der Waals surface area contributed by atoms with Gasteiger partial charge in [0, 0.05) is 0 Å². The maximum atomic E-state index is 2.62. The van der Waals surface area contributed by atoms with Gasteiger partial charge in [0.25, 0.3) is 0 Å². The van der Waals surface area contributed by atoms with Gasteiger partial charge in [-0.25, -0.2) is 0 Å². The second kappa shape index (κ2) is 9.70. The Morgan fingerprint density at radius 2 is 1.67 bits per heavy atom. The lowest BCUT2D eigenvalue weighted by molar-refractivity contribution is 0.301. The molecule has 2 aliphatic rings. The van der Waals surface area contributed by atoms with Crippen molar-refractivity contribution in [2.24, 2.45) is 23.7 Å². The highest BCUT2D eigenvalue weighted by atomic mass is 14.3. The van der Waals surface area contributed by atoms with Crippen LogP contribution in [-0.4, -0.2) is 0 Å². The molecule has 2 atom stereocenters. The van der Waals surface area contributed by atoms with E-state index in [1.54, 1.807) is 0 Å². The SMILES string of the molecule is CCCCCC1[CH]CCC(C=CC2CCC(CC)CC2)C1. The van der Waals surface area contributed by atoms with E-state index in [0.29, 0.717) is 0 Å². The van der Waals surface area contributed by atoms with Gasteiger partial charge in [-0.15, -0.1) is 0 Å². The Labute approximate surface area is 133 Å². The topological polar surface area (TPSA) is 0 Å². The largest absolute Gasteiger partial charge is 0.0851 e. The van der Waals surface area contributed by atoms with Crippen LogP contribution >= 0.6 is 0 Å². The monoisotopic (exact) mass is 289 g/mol. The molecule has 0 N–H and O–H groups in total. The molecule has 0 heterocycles. The van der Waals surface area contributed by atoms with Gasteiger partial charge in [-0.3, -0.25) is 0 Å². The van der Waals surface area contributed by atoms with Crippen molar-refractivity contribution in [3.05, 3.63) is 18.6 Å². The minimum atomic E-state index is 0.880. The zero-order chi connectivity index (χ0) is 14.9. The van der Waals surface area contributed by atoms with E-state index in [4.69, 9.17) is 0 Å². The van der Waals surface area contributed by atoms with Crippen LogP contribution < -0.4 is 0 Å². The van der Waals surface area contributed by atoms with Crippen LogP contribution in [0.15, 0.2) is 12.2 Å². The van der Waals surface area contributed by atoms with E-state index in [1.165, 1.54) is 77.0 Å². The molecule has 0 amide bonds. The standard InChI is InChI=1S/C21H37/c1-3-5-6-8-20-9-7-10-21(17-20)16-15-19-13-11-18(4-2)12-14-19/h9,15-16,18-21H,3-8,10-14,17H2,1-2H3. The van der Waals surface area contributed by atoms with Gasteiger partial charge in [0.1, 0.15) is 0 Å². The van der Waals surface area contributed by atoms with E-state index in [0.717, 1.165) is 23.7 Å². The fraction of sp³-hybridized carbons (Fsp3) is 0.857. The minimum absolute atomic E-state index is 0.880. The fourth-order valence-corrected chi connectivity index (χ4v) is 4.32. The predicted molar refractivity (Wildman–Crippen MR) is 94.2 cm³/mol. The minimum Gasteiger partial charge on any atom is -0.0851 e. The van der Waals surface area contributed by atoms with Gasteiger partial charge in [-0.05, 0) is 75.0 Å². The molecule has 0 aromatic heterocycles. The highest BCUT2D eigenvalue weighted by Gasteiger charge is 2.21.